The summed E-state index contributed by atoms with van der Waals surface area (Å²) in [5.41, 5.74) is 6.69. The topological polar surface area (TPSA) is 131 Å². The van der Waals surface area contributed by atoms with Gasteiger partial charge in [0.15, 0.2) is 5.69 Å². The smallest absolute Gasteiger partial charge is 0.400 e. The van der Waals surface area contributed by atoms with Crippen molar-refractivity contribution in [3.8, 4) is 11.6 Å². The molecule has 1 amide bonds. The van der Waals surface area contributed by atoms with Crippen molar-refractivity contribution >= 4 is 39.7 Å². The minimum Gasteiger partial charge on any atom is -0.402 e. The lowest BCUT2D eigenvalue weighted by molar-refractivity contribution is -0.212. The van der Waals surface area contributed by atoms with Crippen LogP contribution in [0.15, 0.2) is 64.0 Å². The number of benzene rings is 2. The van der Waals surface area contributed by atoms with Crippen LogP contribution in [-0.4, -0.2) is 39.1 Å². The number of rotatable bonds is 5. The number of benzodiazepines with no additional fused rings is 1. The van der Waals surface area contributed by atoms with E-state index in [2.05, 4.69) is 30.8 Å². The first-order chi connectivity index (χ1) is 18.2. The van der Waals surface area contributed by atoms with Gasteiger partial charge in [-0.1, -0.05) is 60.1 Å². The highest BCUT2D eigenvalue weighted by Crippen LogP contribution is 2.56. The molecular weight excluding hydrogens is 519 g/mol. The molecule has 1 atom stereocenters. The van der Waals surface area contributed by atoms with Crippen molar-refractivity contribution in [3.63, 3.8) is 0 Å². The molecule has 6 rings (SSSR count). The van der Waals surface area contributed by atoms with Crippen molar-refractivity contribution in [2.24, 2.45) is 4.99 Å². The molecule has 1 aliphatic carbocycles. The third-order valence-electron chi connectivity index (χ3n) is 6.69. The van der Waals surface area contributed by atoms with Crippen molar-refractivity contribution < 1.29 is 22.4 Å². The summed E-state index contributed by atoms with van der Waals surface area (Å²) in [6.45, 7) is 0. The zero-order valence-corrected chi connectivity index (χ0v) is 20.4. The van der Waals surface area contributed by atoms with Gasteiger partial charge in [-0.05, 0) is 18.9 Å². The maximum absolute atomic E-state index is 13.8. The van der Waals surface area contributed by atoms with Crippen LogP contribution in [0.5, 0.6) is 0 Å². The van der Waals surface area contributed by atoms with Crippen LogP contribution in [0.25, 0.3) is 11.6 Å². The summed E-state index contributed by atoms with van der Waals surface area (Å²) in [4.78, 5) is 21.8. The Morgan fingerprint density at radius 1 is 1.08 bits per heavy atom. The Bertz CT molecular complexity index is 1540. The second-order valence-corrected chi connectivity index (χ2v) is 10.0. The van der Waals surface area contributed by atoms with Crippen LogP contribution in [-0.2, 0) is 10.2 Å². The van der Waals surface area contributed by atoms with E-state index in [1.54, 1.807) is 12.1 Å². The van der Waals surface area contributed by atoms with E-state index < -0.39 is 23.7 Å². The highest BCUT2D eigenvalue weighted by atomic mass is 32.1. The molecule has 0 bridgehead atoms. The maximum Gasteiger partial charge on any atom is 0.400 e. The van der Waals surface area contributed by atoms with E-state index in [0.29, 0.717) is 17.8 Å². The highest BCUT2D eigenvalue weighted by Gasteiger charge is 2.61. The number of para-hydroxylation sites is 1. The molecule has 194 valence electrons. The first-order valence-corrected chi connectivity index (χ1v) is 12.5. The van der Waals surface area contributed by atoms with Crippen LogP contribution < -0.4 is 16.4 Å². The summed E-state index contributed by atoms with van der Waals surface area (Å²) in [5.74, 6) is -0.621. The van der Waals surface area contributed by atoms with Crippen LogP contribution >= 0.6 is 11.3 Å². The number of carbonyl (C=O) groups excluding carboxylic acids is 1. The number of thiazole rings is 1. The quantitative estimate of drug-likeness (QED) is 0.326. The van der Waals surface area contributed by atoms with E-state index in [1.165, 1.54) is 0 Å². The molecule has 9 nitrogen and oxygen atoms in total. The molecular formula is C25H20F3N7O2S. The van der Waals surface area contributed by atoms with Gasteiger partial charge in [-0.2, -0.15) is 13.2 Å². The lowest BCUT2D eigenvalue weighted by Gasteiger charge is -2.41. The van der Waals surface area contributed by atoms with Gasteiger partial charge in [0.25, 0.3) is 11.8 Å². The number of hydrogen-bond donors (Lipinski definition) is 3. The molecule has 1 fully saturated rings. The van der Waals surface area contributed by atoms with Gasteiger partial charge in [0.1, 0.15) is 15.4 Å². The van der Waals surface area contributed by atoms with Crippen LogP contribution in [0.4, 0.5) is 29.9 Å². The summed E-state index contributed by atoms with van der Waals surface area (Å²) in [6, 6.07) is 16.5. The van der Waals surface area contributed by atoms with Crippen molar-refractivity contribution in [2.45, 2.75) is 37.0 Å². The second kappa shape index (κ2) is 8.94. The number of carbonyl (C=O) groups is 1. The van der Waals surface area contributed by atoms with Gasteiger partial charge in [-0.25, -0.2) is 9.98 Å². The number of halogens is 3. The van der Waals surface area contributed by atoms with Gasteiger partial charge in [-0.3, -0.25) is 4.79 Å². The number of fused-ring (bicyclic) bond motifs is 1. The third-order valence-corrected chi connectivity index (χ3v) is 7.78. The Labute approximate surface area is 218 Å². The normalized spacial score (nSPS) is 18.6. The molecule has 0 spiro atoms. The molecule has 0 unspecified atom stereocenters. The van der Waals surface area contributed by atoms with Gasteiger partial charge in [0.2, 0.25) is 6.17 Å². The fraction of sp³-hybridized carbons (Fsp3) is 0.240. The van der Waals surface area contributed by atoms with Gasteiger partial charge < -0.3 is 20.8 Å². The SMILES string of the molecule is Nc1sc(C2(C(F)(F)F)CCC2)nc1-c1nnc(N[C@H]2N=C(c3ccccc3)c3ccccc3NC2=O)o1. The Hall–Kier alpha value is -4.26. The van der Waals surface area contributed by atoms with Gasteiger partial charge >= 0.3 is 12.2 Å². The van der Waals surface area contributed by atoms with E-state index in [0.717, 1.165) is 22.5 Å². The number of nitrogen functional groups attached to an aromatic ring is 1. The fourth-order valence-electron chi connectivity index (χ4n) is 4.51. The van der Waals surface area contributed by atoms with E-state index in [-0.39, 0.29) is 40.4 Å². The first-order valence-electron chi connectivity index (χ1n) is 11.7. The number of nitrogens with two attached hydrogens (primary N) is 1. The lowest BCUT2D eigenvalue weighted by Crippen LogP contribution is -2.47. The Morgan fingerprint density at radius 3 is 2.53 bits per heavy atom. The first kappa shape index (κ1) is 24.1. The molecule has 1 aliphatic heterocycles. The van der Waals surface area contributed by atoms with Gasteiger partial charge in [-0.15, -0.1) is 16.4 Å². The summed E-state index contributed by atoms with van der Waals surface area (Å²) < 4.78 is 47.0. The number of anilines is 3. The molecule has 4 aromatic rings. The van der Waals surface area contributed by atoms with Crippen LogP contribution in [0, 0.1) is 0 Å². The number of amides is 1. The molecule has 2 aromatic heterocycles. The maximum atomic E-state index is 13.8. The molecule has 0 radical (unpaired) electrons. The minimum atomic E-state index is -4.44. The standard InChI is InChI=1S/C25H20F3N7O2S/c26-25(27,28)24(11-6-12-24)22-32-17(18(29)38-22)21-34-35-23(37-21)33-19-20(36)30-15-10-5-4-9-14(15)16(31-19)13-7-2-1-3-8-13/h1-5,7-10,19H,6,11-12,29H2,(H,30,36)(H,33,35)/t19-/m1/s1. The summed E-state index contributed by atoms with van der Waals surface area (Å²) >= 11 is 0.770. The molecule has 13 heteroatoms. The van der Waals surface area contributed by atoms with Crippen molar-refractivity contribution in [3.05, 3.63) is 70.7 Å². The Balaban J connectivity index is 1.31. The summed E-state index contributed by atoms with van der Waals surface area (Å²) in [6.07, 6.45) is -5.20. The zero-order chi connectivity index (χ0) is 26.5. The monoisotopic (exact) mass is 539 g/mol. The Kier molecular flexibility index (Phi) is 5.67. The van der Waals surface area contributed by atoms with Crippen LogP contribution in [0.3, 0.4) is 0 Å². The zero-order valence-electron chi connectivity index (χ0n) is 19.6. The van der Waals surface area contributed by atoms with E-state index >= 15 is 0 Å². The molecule has 0 saturated heterocycles. The predicted octanol–water partition coefficient (Wildman–Crippen LogP) is 4.99. The van der Waals surface area contributed by atoms with Crippen LogP contribution in [0.2, 0.25) is 0 Å². The van der Waals surface area contributed by atoms with E-state index in [4.69, 9.17) is 10.2 Å². The highest BCUT2D eigenvalue weighted by molar-refractivity contribution is 7.16. The molecule has 38 heavy (non-hydrogen) atoms. The second-order valence-electron chi connectivity index (χ2n) is 9.00. The van der Waals surface area contributed by atoms with Crippen LogP contribution in [0.1, 0.15) is 35.4 Å². The lowest BCUT2D eigenvalue weighted by atomic mass is 9.68. The van der Waals surface area contributed by atoms with Crippen molar-refractivity contribution in [1.29, 1.82) is 0 Å². The van der Waals surface area contributed by atoms with Gasteiger partial charge in [0, 0.05) is 11.1 Å². The fourth-order valence-corrected chi connectivity index (χ4v) is 5.60. The van der Waals surface area contributed by atoms with Gasteiger partial charge in [0.05, 0.1) is 11.4 Å². The average Bonchev–Trinajstić information content (AvgIpc) is 3.44. The van der Waals surface area contributed by atoms with Crippen molar-refractivity contribution in [2.75, 3.05) is 16.4 Å². The number of nitrogens with zero attached hydrogens (tertiary/aromatic N) is 4. The molecule has 3 heterocycles. The summed E-state index contributed by atoms with van der Waals surface area (Å²) in [7, 11) is 0. The molecule has 4 N–H and O–H groups in total. The van der Waals surface area contributed by atoms with E-state index in [1.807, 2.05) is 42.5 Å². The molecule has 1 saturated carbocycles. The number of nitrogens with one attached hydrogen (secondary N) is 2. The molecule has 2 aliphatic rings. The average molecular weight is 540 g/mol. The Morgan fingerprint density at radius 2 is 1.82 bits per heavy atom. The molecule has 2 aromatic carbocycles. The third kappa shape index (κ3) is 3.99. The van der Waals surface area contributed by atoms with Crippen molar-refractivity contribution in [1.82, 2.24) is 15.2 Å². The number of hydrogen-bond acceptors (Lipinski definition) is 9. The predicted molar refractivity (Wildman–Crippen MR) is 136 cm³/mol. The minimum absolute atomic E-state index is 0.0210. The van der Waals surface area contributed by atoms with E-state index in [9.17, 15) is 18.0 Å². The largest absolute Gasteiger partial charge is 0.402 e. The summed E-state index contributed by atoms with van der Waals surface area (Å²) in [5, 5.41) is 13.4. The number of aromatic nitrogens is 3. The number of aliphatic imine (C=N–C) groups is 1. The number of alkyl halides is 3.